The zero-order valence-corrected chi connectivity index (χ0v) is 10.9. The van der Waals surface area contributed by atoms with Gasteiger partial charge in [0.1, 0.15) is 5.75 Å². The molecule has 4 heteroatoms. The summed E-state index contributed by atoms with van der Waals surface area (Å²) in [6.07, 6.45) is 0.618. The quantitative estimate of drug-likeness (QED) is 0.844. The Balaban J connectivity index is 2.41. The number of rotatable bonds is 6. The number of halogens is 1. The molecule has 0 atom stereocenters. The Kier molecular flexibility index (Phi) is 5.25. The predicted molar refractivity (Wildman–Crippen MR) is 66.5 cm³/mol. The minimum Gasteiger partial charge on any atom is -0.494 e. The third-order valence-corrected chi connectivity index (χ3v) is 3.03. The van der Waals surface area contributed by atoms with Gasteiger partial charge in [-0.3, -0.25) is 0 Å². The van der Waals surface area contributed by atoms with E-state index in [9.17, 15) is 0 Å². The Hall–Kier alpha value is -0.580. The first kappa shape index (κ1) is 13.5. The summed E-state index contributed by atoms with van der Waals surface area (Å²) in [6.45, 7) is 2.24. The van der Waals surface area contributed by atoms with Gasteiger partial charge in [0.25, 0.3) is 0 Å². The maximum Gasteiger partial charge on any atom is 0.120 e. The van der Waals surface area contributed by atoms with E-state index in [4.69, 9.17) is 14.9 Å². The zero-order valence-electron chi connectivity index (χ0n) is 9.32. The highest BCUT2D eigenvalue weighted by Gasteiger charge is 2.22. The van der Waals surface area contributed by atoms with Gasteiger partial charge in [0.15, 0.2) is 0 Å². The van der Waals surface area contributed by atoms with E-state index in [2.05, 4.69) is 15.9 Å². The fourth-order valence-corrected chi connectivity index (χ4v) is 1.56. The van der Waals surface area contributed by atoms with Crippen molar-refractivity contribution in [3.63, 3.8) is 0 Å². The molecule has 90 valence electrons. The van der Waals surface area contributed by atoms with Crippen LogP contribution < -0.4 is 4.74 Å². The van der Waals surface area contributed by atoms with E-state index in [0.29, 0.717) is 13.0 Å². The number of ether oxygens (including phenoxy) is 1. The molecule has 16 heavy (non-hydrogen) atoms. The van der Waals surface area contributed by atoms with Gasteiger partial charge in [0.2, 0.25) is 0 Å². The molecule has 0 aromatic heterocycles. The van der Waals surface area contributed by atoms with Crippen molar-refractivity contribution in [1.82, 2.24) is 0 Å². The lowest BCUT2D eigenvalue weighted by Gasteiger charge is -2.24. The summed E-state index contributed by atoms with van der Waals surface area (Å²) in [5.41, 5.74) is -0.466. The molecule has 1 aromatic rings. The summed E-state index contributed by atoms with van der Waals surface area (Å²) in [5.74, 6) is 0.785. The van der Waals surface area contributed by atoms with Gasteiger partial charge in [-0.2, -0.15) is 0 Å². The molecule has 0 spiro atoms. The van der Waals surface area contributed by atoms with Crippen molar-refractivity contribution in [2.45, 2.75) is 13.3 Å². The van der Waals surface area contributed by atoms with Crippen LogP contribution in [-0.4, -0.2) is 30.0 Å². The van der Waals surface area contributed by atoms with Crippen LogP contribution in [0, 0.1) is 5.41 Å². The molecule has 0 saturated carbocycles. The van der Waals surface area contributed by atoms with Crippen LogP contribution in [0.5, 0.6) is 5.75 Å². The average Bonchev–Trinajstić information content (AvgIpc) is 2.29. The van der Waals surface area contributed by atoms with Crippen LogP contribution in [0.4, 0.5) is 0 Å². The summed E-state index contributed by atoms with van der Waals surface area (Å²) in [5, 5.41) is 18.2. The molecular formula is C12H17BrO3. The van der Waals surface area contributed by atoms with Gasteiger partial charge in [-0.25, -0.2) is 0 Å². The van der Waals surface area contributed by atoms with Crippen molar-refractivity contribution < 1.29 is 14.9 Å². The van der Waals surface area contributed by atoms with Gasteiger partial charge in [-0.15, -0.1) is 0 Å². The lowest BCUT2D eigenvalue weighted by Crippen LogP contribution is -2.28. The van der Waals surface area contributed by atoms with E-state index in [1.807, 2.05) is 31.2 Å². The first-order chi connectivity index (χ1) is 7.59. The Labute approximate surface area is 104 Å². The molecule has 1 aromatic carbocycles. The lowest BCUT2D eigenvalue weighted by atomic mass is 9.89. The second kappa shape index (κ2) is 6.23. The molecule has 2 N–H and O–H groups in total. The summed E-state index contributed by atoms with van der Waals surface area (Å²) in [7, 11) is 0. The van der Waals surface area contributed by atoms with Gasteiger partial charge < -0.3 is 14.9 Å². The molecule has 0 radical (unpaired) electrons. The highest BCUT2D eigenvalue weighted by molar-refractivity contribution is 9.10. The molecular weight excluding hydrogens is 272 g/mol. The molecule has 0 amide bonds. The van der Waals surface area contributed by atoms with Gasteiger partial charge in [-0.1, -0.05) is 28.9 Å². The number of aliphatic hydroxyl groups is 2. The van der Waals surface area contributed by atoms with E-state index in [-0.39, 0.29) is 13.2 Å². The van der Waals surface area contributed by atoms with Crippen molar-refractivity contribution in [3.05, 3.63) is 28.7 Å². The van der Waals surface area contributed by atoms with Crippen molar-refractivity contribution in [2.24, 2.45) is 5.41 Å². The molecule has 3 nitrogen and oxygen atoms in total. The average molecular weight is 289 g/mol. The largest absolute Gasteiger partial charge is 0.494 e. The standard InChI is InChI=1S/C12H17BrO3/c1-12(8-14,9-15)5-6-16-11-4-2-3-10(13)7-11/h2-4,7,14-15H,5-6,8-9H2,1H3. The zero-order chi connectivity index (χ0) is 12.0. The highest BCUT2D eigenvalue weighted by atomic mass is 79.9. The van der Waals surface area contributed by atoms with E-state index < -0.39 is 5.41 Å². The van der Waals surface area contributed by atoms with Gasteiger partial charge >= 0.3 is 0 Å². The Morgan fingerprint density at radius 1 is 1.31 bits per heavy atom. The highest BCUT2D eigenvalue weighted by Crippen LogP contribution is 2.22. The van der Waals surface area contributed by atoms with Crippen LogP contribution in [0.3, 0.4) is 0 Å². The molecule has 0 aliphatic rings. The van der Waals surface area contributed by atoms with Crippen LogP contribution in [0.1, 0.15) is 13.3 Å². The molecule has 0 unspecified atom stereocenters. The Bertz CT molecular complexity index is 324. The number of hydrogen-bond acceptors (Lipinski definition) is 3. The molecule has 0 saturated heterocycles. The van der Waals surface area contributed by atoms with Crippen molar-refractivity contribution in [3.8, 4) is 5.75 Å². The number of benzene rings is 1. The Morgan fingerprint density at radius 2 is 2.00 bits per heavy atom. The van der Waals surface area contributed by atoms with Crippen LogP contribution >= 0.6 is 15.9 Å². The summed E-state index contributed by atoms with van der Waals surface area (Å²) in [4.78, 5) is 0. The lowest BCUT2D eigenvalue weighted by molar-refractivity contribution is 0.0505. The van der Waals surface area contributed by atoms with Gasteiger partial charge in [0.05, 0.1) is 19.8 Å². The molecule has 0 bridgehead atoms. The first-order valence-electron chi connectivity index (χ1n) is 5.20. The normalized spacial score (nSPS) is 11.5. The van der Waals surface area contributed by atoms with Crippen LogP contribution in [0.25, 0.3) is 0 Å². The van der Waals surface area contributed by atoms with Gasteiger partial charge in [-0.05, 0) is 24.6 Å². The minimum absolute atomic E-state index is 0.0364. The summed E-state index contributed by atoms with van der Waals surface area (Å²) < 4.78 is 6.50. The maximum atomic E-state index is 9.10. The Morgan fingerprint density at radius 3 is 2.56 bits per heavy atom. The van der Waals surface area contributed by atoms with Crippen molar-refractivity contribution >= 4 is 15.9 Å². The van der Waals surface area contributed by atoms with Crippen LogP contribution in [-0.2, 0) is 0 Å². The van der Waals surface area contributed by atoms with Crippen molar-refractivity contribution in [2.75, 3.05) is 19.8 Å². The smallest absolute Gasteiger partial charge is 0.120 e. The monoisotopic (exact) mass is 288 g/mol. The second-order valence-corrected chi connectivity index (χ2v) is 5.10. The van der Waals surface area contributed by atoms with E-state index >= 15 is 0 Å². The van der Waals surface area contributed by atoms with E-state index in [1.165, 1.54) is 0 Å². The predicted octanol–water partition coefficient (Wildman–Crippen LogP) is 2.21. The molecule has 1 rings (SSSR count). The van der Waals surface area contributed by atoms with E-state index in [1.54, 1.807) is 0 Å². The summed E-state index contributed by atoms with van der Waals surface area (Å²) in [6, 6.07) is 7.59. The first-order valence-corrected chi connectivity index (χ1v) is 5.99. The fourth-order valence-electron chi connectivity index (χ4n) is 1.18. The third kappa shape index (κ3) is 4.12. The number of hydrogen-bond donors (Lipinski definition) is 2. The molecule has 0 aliphatic heterocycles. The third-order valence-electron chi connectivity index (χ3n) is 2.53. The molecule has 0 heterocycles. The second-order valence-electron chi connectivity index (χ2n) is 4.18. The van der Waals surface area contributed by atoms with Crippen LogP contribution in [0.2, 0.25) is 0 Å². The van der Waals surface area contributed by atoms with E-state index in [0.717, 1.165) is 10.2 Å². The summed E-state index contributed by atoms with van der Waals surface area (Å²) >= 11 is 3.36. The van der Waals surface area contributed by atoms with Crippen LogP contribution in [0.15, 0.2) is 28.7 Å². The molecule has 0 fully saturated rings. The minimum atomic E-state index is -0.466. The SMILES string of the molecule is CC(CO)(CO)CCOc1cccc(Br)c1. The fraction of sp³-hybridized carbons (Fsp3) is 0.500. The number of aliphatic hydroxyl groups excluding tert-OH is 2. The van der Waals surface area contributed by atoms with Crippen molar-refractivity contribution in [1.29, 1.82) is 0 Å². The van der Waals surface area contributed by atoms with Gasteiger partial charge in [0, 0.05) is 9.89 Å². The maximum absolute atomic E-state index is 9.10. The topological polar surface area (TPSA) is 49.7 Å². The molecule has 0 aliphatic carbocycles.